The minimum atomic E-state index is -1.10. The van der Waals surface area contributed by atoms with Crippen LogP contribution in [0.1, 0.15) is 21.9 Å². The number of hydrogen-bond donors (Lipinski definition) is 2. The summed E-state index contributed by atoms with van der Waals surface area (Å²) in [5.74, 6) is -0.183. The zero-order valence-electron chi connectivity index (χ0n) is 10.7. The van der Waals surface area contributed by atoms with Gasteiger partial charge in [-0.05, 0) is 31.2 Å². The summed E-state index contributed by atoms with van der Waals surface area (Å²) >= 11 is 0. The number of aromatic carboxylic acids is 1. The Morgan fingerprint density at radius 2 is 2.15 bits per heavy atom. The van der Waals surface area contributed by atoms with Crippen molar-refractivity contribution in [1.82, 2.24) is 4.98 Å². The molecule has 0 spiro atoms. The minimum absolute atomic E-state index is 0.00781. The summed E-state index contributed by atoms with van der Waals surface area (Å²) in [6, 6.07) is 4.86. The first-order valence-electron chi connectivity index (χ1n) is 5.78. The van der Waals surface area contributed by atoms with Gasteiger partial charge in [0.05, 0.1) is 17.4 Å². The average Bonchev–Trinajstić information content (AvgIpc) is 2.82. The summed E-state index contributed by atoms with van der Waals surface area (Å²) in [6.45, 7) is 1.81. The molecule has 2 rings (SSSR count). The predicted molar refractivity (Wildman–Crippen MR) is 72.3 cm³/mol. The number of hydrogen-bond acceptors (Lipinski definition) is 4. The van der Waals surface area contributed by atoms with E-state index in [2.05, 4.69) is 10.3 Å². The molecule has 0 aliphatic rings. The van der Waals surface area contributed by atoms with Crippen LogP contribution in [0.15, 0.2) is 41.1 Å². The molecule has 0 unspecified atom stereocenters. The van der Waals surface area contributed by atoms with Crippen LogP contribution >= 0.6 is 0 Å². The molecule has 0 aromatic carbocycles. The van der Waals surface area contributed by atoms with Crippen LogP contribution in [-0.4, -0.2) is 22.0 Å². The number of furan rings is 1. The first-order chi connectivity index (χ1) is 9.54. The van der Waals surface area contributed by atoms with Crippen molar-refractivity contribution < 1.29 is 19.1 Å². The Morgan fingerprint density at radius 1 is 1.35 bits per heavy atom. The molecule has 6 heteroatoms. The van der Waals surface area contributed by atoms with E-state index in [0.29, 0.717) is 11.4 Å². The largest absolute Gasteiger partial charge is 0.478 e. The van der Waals surface area contributed by atoms with Crippen LogP contribution in [0.5, 0.6) is 0 Å². The van der Waals surface area contributed by atoms with Crippen LogP contribution in [0.2, 0.25) is 0 Å². The molecule has 2 N–H and O–H groups in total. The molecule has 2 aromatic rings. The zero-order valence-corrected chi connectivity index (χ0v) is 10.7. The SMILES string of the molecule is Cc1ccc(C=CC(=O)Nc2cncc(C(=O)O)c2)o1. The summed E-state index contributed by atoms with van der Waals surface area (Å²) < 4.78 is 5.28. The lowest BCUT2D eigenvalue weighted by molar-refractivity contribution is -0.111. The Labute approximate surface area is 114 Å². The van der Waals surface area contributed by atoms with E-state index in [-0.39, 0.29) is 5.56 Å². The molecule has 1 amide bonds. The smallest absolute Gasteiger partial charge is 0.337 e. The number of rotatable bonds is 4. The molecule has 0 saturated heterocycles. The van der Waals surface area contributed by atoms with Gasteiger partial charge in [0.1, 0.15) is 11.5 Å². The van der Waals surface area contributed by atoms with Crippen molar-refractivity contribution in [1.29, 1.82) is 0 Å². The highest BCUT2D eigenvalue weighted by Gasteiger charge is 2.05. The van der Waals surface area contributed by atoms with Gasteiger partial charge in [-0.2, -0.15) is 0 Å². The molecule has 0 fully saturated rings. The summed E-state index contributed by atoms with van der Waals surface area (Å²) in [5, 5.41) is 11.3. The van der Waals surface area contributed by atoms with Gasteiger partial charge in [0, 0.05) is 12.3 Å². The Hall–Kier alpha value is -2.89. The van der Waals surface area contributed by atoms with Gasteiger partial charge in [-0.1, -0.05) is 0 Å². The van der Waals surface area contributed by atoms with Gasteiger partial charge in [-0.25, -0.2) is 4.79 Å². The molecule has 2 heterocycles. The molecule has 0 atom stereocenters. The van der Waals surface area contributed by atoms with Crippen molar-refractivity contribution in [3.63, 3.8) is 0 Å². The van der Waals surface area contributed by atoms with Crippen molar-refractivity contribution in [2.45, 2.75) is 6.92 Å². The third kappa shape index (κ3) is 3.55. The van der Waals surface area contributed by atoms with Gasteiger partial charge in [0.25, 0.3) is 0 Å². The van der Waals surface area contributed by atoms with Crippen molar-refractivity contribution in [2.75, 3.05) is 5.32 Å². The maximum atomic E-state index is 11.7. The molecule has 102 valence electrons. The van der Waals surface area contributed by atoms with Gasteiger partial charge < -0.3 is 14.8 Å². The molecule has 2 aromatic heterocycles. The number of carboxylic acid groups (broad SMARTS) is 1. The van der Waals surface area contributed by atoms with E-state index in [9.17, 15) is 9.59 Å². The number of aromatic nitrogens is 1. The Kier molecular flexibility index (Phi) is 3.95. The quantitative estimate of drug-likeness (QED) is 0.833. The number of nitrogens with zero attached hydrogens (tertiary/aromatic N) is 1. The van der Waals surface area contributed by atoms with Crippen molar-refractivity contribution >= 4 is 23.6 Å². The van der Waals surface area contributed by atoms with Gasteiger partial charge in [-0.3, -0.25) is 9.78 Å². The normalized spacial score (nSPS) is 10.7. The molecule has 0 bridgehead atoms. The summed E-state index contributed by atoms with van der Waals surface area (Å²) in [7, 11) is 0. The van der Waals surface area contributed by atoms with Crippen LogP contribution in [0.4, 0.5) is 5.69 Å². The molecule has 20 heavy (non-hydrogen) atoms. The lowest BCUT2D eigenvalue weighted by Gasteiger charge is -2.02. The van der Waals surface area contributed by atoms with Gasteiger partial charge in [-0.15, -0.1) is 0 Å². The van der Waals surface area contributed by atoms with E-state index < -0.39 is 11.9 Å². The molecule has 6 nitrogen and oxygen atoms in total. The minimum Gasteiger partial charge on any atom is -0.478 e. The monoisotopic (exact) mass is 272 g/mol. The molecular formula is C14H12N2O4. The first-order valence-corrected chi connectivity index (χ1v) is 5.78. The summed E-state index contributed by atoms with van der Waals surface area (Å²) in [6.07, 6.45) is 5.40. The maximum Gasteiger partial charge on any atom is 0.337 e. The Morgan fingerprint density at radius 3 is 2.80 bits per heavy atom. The highest BCUT2D eigenvalue weighted by molar-refractivity contribution is 6.02. The van der Waals surface area contributed by atoms with E-state index in [1.165, 1.54) is 30.6 Å². The highest BCUT2D eigenvalue weighted by Crippen LogP contribution is 2.10. The number of carboxylic acids is 1. The number of anilines is 1. The van der Waals surface area contributed by atoms with Crippen LogP contribution in [0.3, 0.4) is 0 Å². The maximum absolute atomic E-state index is 11.7. The standard InChI is InChI=1S/C14H12N2O4/c1-9-2-3-12(20-9)4-5-13(17)16-11-6-10(14(18)19)7-15-8-11/h2-8H,1H3,(H,16,17)(H,18,19). The lowest BCUT2D eigenvalue weighted by atomic mass is 10.2. The van der Waals surface area contributed by atoms with Gasteiger partial charge in [0.2, 0.25) is 5.91 Å². The number of carbonyl (C=O) groups excluding carboxylic acids is 1. The lowest BCUT2D eigenvalue weighted by Crippen LogP contribution is -2.09. The fourth-order valence-electron chi connectivity index (χ4n) is 1.51. The second-order valence-electron chi connectivity index (χ2n) is 4.04. The second-order valence-corrected chi connectivity index (χ2v) is 4.04. The molecule has 0 aliphatic heterocycles. The topological polar surface area (TPSA) is 92.4 Å². The van der Waals surface area contributed by atoms with E-state index in [1.807, 2.05) is 0 Å². The number of nitrogens with one attached hydrogen (secondary N) is 1. The third-order valence-corrected chi connectivity index (χ3v) is 2.41. The number of aryl methyl sites for hydroxylation is 1. The number of pyridine rings is 1. The molecule has 0 saturated carbocycles. The van der Waals surface area contributed by atoms with E-state index in [0.717, 1.165) is 5.76 Å². The number of amides is 1. The highest BCUT2D eigenvalue weighted by atomic mass is 16.4. The van der Waals surface area contributed by atoms with Gasteiger partial charge >= 0.3 is 5.97 Å². The van der Waals surface area contributed by atoms with Crippen molar-refractivity contribution in [3.8, 4) is 0 Å². The van der Waals surface area contributed by atoms with Crippen LogP contribution in [0.25, 0.3) is 6.08 Å². The Bertz CT molecular complexity index is 673. The fraction of sp³-hybridized carbons (Fsp3) is 0.0714. The fourth-order valence-corrected chi connectivity index (χ4v) is 1.51. The molecule has 0 aliphatic carbocycles. The second kappa shape index (κ2) is 5.83. The molecule has 0 radical (unpaired) electrons. The van der Waals surface area contributed by atoms with Gasteiger partial charge in [0.15, 0.2) is 0 Å². The van der Waals surface area contributed by atoms with Crippen LogP contribution < -0.4 is 5.32 Å². The predicted octanol–water partition coefficient (Wildman–Crippen LogP) is 2.33. The zero-order chi connectivity index (χ0) is 14.5. The van der Waals surface area contributed by atoms with Crippen LogP contribution in [-0.2, 0) is 4.79 Å². The van der Waals surface area contributed by atoms with E-state index >= 15 is 0 Å². The summed E-state index contributed by atoms with van der Waals surface area (Å²) in [4.78, 5) is 26.2. The number of carbonyl (C=O) groups is 2. The van der Waals surface area contributed by atoms with Crippen molar-refractivity contribution in [3.05, 3.63) is 53.8 Å². The Balaban J connectivity index is 2.02. The third-order valence-electron chi connectivity index (χ3n) is 2.41. The average molecular weight is 272 g/mol. The summed E-state index contributed by atoms with van der Waals surface area (Å²) in [5.41, 5.74) is 0.323. The van der Waals surface area contributed by atoms with Crippen LogP contribution in [0, 0.1) is 6.92 Å². The van der Waals surface area contributed by atoms with E-state index in [4.69, 9.17) is 9.52 Å². The van der Waals surface area contributed by atoms with E-state index in [1.54, 1.807) is 19.1 Å². The first kappa shape index (κ1) is 13.5. The molecular weight excluding hydrogens is 260 g/mol. The van der Waals surface area contributed by atoms with Crippen molar-refractivity contribution in [2.24, 2.45) is 0 Å².